The summed E-state index contributed by atoms with van der Waals surface area (Å²) in [5, 5.41) is 11.6. The molecule has 0 aliphatic rings. The van der Waals surface area contributed by atoms with E-state index in [1.807, 2.05) is 44.2 Å². The van der Waals surface area contributed by atoms with E-state index in [0.29, 0.717) is 0 Å². The molecule has 1 rings (SSSR count). The molecule has 0 spiro atoms. The van der Waals surface area contributed by atoms with Gasteiger partial charge in [0, 0.05) is 6.42 Å². The number of benzene rings is 1. The predicted octanol–water partition coefficient (Wildman–Crippen LogP) is 1.20. The largest absolute Gasteiger partial charge is 0.480 e. The lowest BCUT2D eigenvalue weighted by atomic mass is 10.0. The number of carbonyl (C=O) groups excluding carboxylic acids is 1. The van der Waals surface area contributed by atoms with Gasteiger partial charge in [0.1, 0.15) is 6.04 Å². The van der Waals surface area contributed by atoms with Gasteiger partial charge in [-0.15, -0.1) is 12.4 Å². The van der Waals surface area contributed by atoms with Gasteiger partial charge in [-0.1, -0.05) is 44.2 Å². The van der Waals surface area contributed by atoms with Gasteiger partial charge in [0.15, 0.2) is 0 Å². The van der Waals surface area contributed by atoms with Crippen molar-refractivity contribution in [3.63, 3.8) is 0 Å². The van der Waals surface area contributed by atoms with Gasteiger partial charge in [-0.05, 0) is 11.5 Å². The van der Waals surface area contributed by atoms with Gasteiger partial charge in [-0.25, -0.2) is 4.79 Å². The van der Waals surface area contributed by atoms with Crippen LogP contribution in [0.2, 0.25) is 0 Å². The number of carbonyl (C=O) groups is 2. The van der Waals surface area contributed by atoms with Crippen molar-refractivity contribution >= 4 is 24.3 Å². The van der Waals surface area contributed by atoms with Gasteiger partial charge in [-0.2, -0.15) is 0 Å². The van der Waals surface area contributed by atoms with E-state index >= 15 is 0 Å². The summed E-state index contributed by atoms with van der Waals surface area (Å²) in [5.74, 6) is -1.53. The first-order chi connectivity index (χ1) is 8.91. The van der Waals surface area contributed by atoms with Crippen LogP contribution in [0.3, 0.4) is 0 Å². The normalized spacial score (nSPS) is 13.2. The van der Waals surface area contributed by atoms with Crippen molar-refractivity contribution in [3.8, 4) is 0 Å². The maximum Gasteiger partial charge on any atom is 0.326 e. The maximum absolute atomic E-state index is 11.8. The summed E-state index contributed by atoms with van der Waals surface area (Å²) >= 11 is 0. The molecule has 4 N–H and O–H groups in total. The van der Waals surface area contributed by atoms with Crippen LogP contribution in [0.25, 0.3) is 0 Å². The Kier molecular flexibility index (Phi) is 7.87. The molecule has 0 saturated heterocycles. The predicted molar refractivity (Wildman–Crippen MR) is 79.8 cm³/mol. The van der Waals surface area contributed by atoms with Gasteiger partial charge in [0.05, 0.1) is 6.04 Å². The van der Waals surface area contributed by atoms with Crippen LogP contribution in [-0.4, -0.2) is 29.1 Å². The zero-order valence-corrected chi connectivity index (χ0v) is 12.4. The molecule has 0 saturated carbocycles. The lowest BCUT2D eigenvalue weighted by Gasteiger charge is -2.19. The molecule has 0 bridgehead atoms. The average molecular weight is 301 g/mol. The molecule has 1 aromatic rings. The number of halogens is 1. The number of rotatable bonds is 6. The average Bonchev–Trinajstić information content (AvgIpc) is 2.37. The lowest BCUT2D eigenvalue weighted by molar-refractivity contribution is -0.142. The first-order valence-corrected chi connectivity index (χ1v) is 6.24. The minimum Gasteiger partial charge on any atom is -0.480 e. The van der Waals surface area contributed by atoms with Crippen molar-refractivity contribution in [2.24, 2.45) is 11.7 Å². The second-order valence-electron chi connectivity index (χ2n) is 4.86. The zero-order valence-electron chi connectivity index (χ0n) is 11.6. The third-order valence-electron chi connectivity index (χ3n) is 2.92. The molecular weight excluding hydrogens is 280 g/mol. The quantitative estimate of drug-likeness (QED) is 0.736. The minimum atomic E-state index is -1.06. The van der Waals surface area contributed by atoms with E-state index in [-0.39, 0.29) is 24.7 Å². The number of hydrogen-bond acceptors (Lipinski definition) is 3. The molecule has 1 aromatic carbocycles. The van der Waals surface area contributed by atoms with Crippen molar-refractivity contribution in [1.29, 1.82) is 0 Å². The summed E-state index contributed by atoms with van der Waals surface area (Å²) < 4.78 is 0. The van der Waals surface area contributed by atoms with Gasteiger partial charge >= 0.3 is 5.97 Å². The van der Waals surface area contributed by atoms with Crippen LogP contribution in [0.1, 0.15) is 19.4 Å². The first-order valence-electron chi connectivity index (χ1n) is 6.24. The van der Waals surface area contributed by atoms with E-state index in [4.69, 9.17) is 10.8 Å². The van der Waals surface area contributed by atoms with Crippen LogP contribution in [-0.2, 0) is 16.0 Å². The molecule has 1 amide bonds. The van der Waals surface area contributed by atoms with Crippen LogP contribution >= 0.6 is 12.4 Å². The van der Waals surface area contributed by atoms with Crippen molar-refractivity contribution in [3.05, 3.63) is 35.9 Å². The Morgan fingerprint density at radius 3 is 2.25 bits per heavy atom. The van der Waals surface area contributed by atoms with E-state index in [9.17, 15) is 9.59 Å². The van der Waals surface area contributed by atoms with E-state index in [1.54, 1.807) is 0 Å². The smallest absolute Gasteiger partial charge is 0.326 e. The van der Waals surface area contributed by atoms with E-state index < -0.39 is 24.0 Å². The number of hydrogen-bond donors (Lipinski definition) is 3. The number of nitrogens with two attached hydrogens (primary N) is 1. The summed E-state index contributed by atoms with van der Waals surface area (Å²) in [7, 11) is 0. The molecule has 112 valence electrons. The molecule has 2 unspecified atom stereocenters. The summed E-state index contributed by atoms with van der Waals surface area (Å²) in [5.41, 5.74) is 6.55. The molecule has 20 heavy (non-hydrogen) atoms. The molecule has 2 atom stereocenters. The Morgan fingerprint density at radius 1 is 1.25 bits per heavy atom. The highest BCUT2D eigenvalue weighted by molar-refractivity contribution is 5.87. The summed E-state index contributed by atoms with van der Waals surface area (Å²) in [6.07, 6.45) is 0.243. The Balaban J connectivity index is 0.00000361. The summed E-state index contributed by atoms with van der Waals surface area (Å²) in [6.45, 7) is 3.63. The van der Waals surface area contributed by atoms with Crippen molar-refractivity contribution in [2.75, 3.05) is 0 Å². The number of carboxylic acid groups (broad SMARTS) is 1. The molecular formula is C14H21ClN2O3. The Morgan fingerprint density at radius 2 is 1.80 bits per heavy atom. The van der Waals surface area contributed by atoms with Gasteiger partial charge in [0.2, 0.25) is 5.91 Å². The van der Waals surface area contributed by atoms with Crippen molar-refractivity contribution in [2.45, 2.75) is 32.4 Å². The number of amides is 1. The molecule has 6 heteroatoms. The summed E-state index contributed by atoms with van der Waals surface area (Å²) in [6, 6.07) is 7.50. The monoisotopic (exact) mass is 300 g/mol. The number of aliphatic carboxylic acids is 1. The molecule has 0 radical (unpaired) electrons. The third-order valence-corrected chi connectivity index (χ3v) is 2.92. The van der Waals surface area contributed by atoms with Crippen LogP contribution in [0.4, 0.5) is 0 Å². The SMILES string of the molecule is CC(C)C(N)C(=O)NC(Cc1ccccc1)C(=O)O.Cl. The highest BCUT2D eigenvalue weighted by Crippen LogP contribution is 2.05. The van der Waals surface area contributed by atoms with E-state index in [0.717, 1.165) is 5.56 Å². The number of nitrogens with one attached hydrogen (secondary N) is 1. The lowest BCUT2D eigenvalue weighted by Crippen LogP contribution is -2.51. The molecule has 0 aliphatic carbocycles. The molecule has 0 aromatic heterocycles. The molecule has 0 heterocycles. The number of carboxylic acids is 1. The third kappa shape index (κ3) is 5.59. The van der Waals surface area contributed by atoms with Crippen LogP contribution in [0.5, 0.6) is 0 Å². The standard InChI is InChI=1S/C14H20N2O3.ClH/c1-9(2)12(15)13(17)16-11(14(18)19)8-10-6-4-3-5-7-10;/h3-7,9,11-12H,8,15H2,1-2H3,(H,16,17)(H,18,19);1H. The van der Waals surface area contributed by atoms with Gasteiger partial charge in [0.25, 0.3) is 0 Å². The first kappa shape index (κ1) is 18.4. The second kappa shape index (κ2) is 8.55. The van der Waals surface area contributed by atoms with Gasteiger partial charge < -0.3 is 16.2 Å². The second-order valence-corrected chi connectivity index (χ2v) is 4.86. The van der Waals surface area contributed by atoms with Crippen molar-refractivity contribution in [1.82, 2.24) is 5.32 Å². The fourth-order valence-electron chi connectivity index (χ4n) is 1.62. The Hall–Kier alpha value is -1.59. The zero-order chi connectivity index (χ0) is 14.4. The van der Waals surface area contributed by atoms with Crippen molar-refractivity contribution < 1.29 is 14.7 Å². The van der Waals surface area contributed by atoms with E-state index in [2.05, 4.69) is 5.32 Å². The van der Waals surface area contributed by atoms with Gasteiger partial charge in [-0.3, -0.25) is 4.79 Å². The topological polar surface area (TPSA) is 92.4 Å². The van der Waals surface area contributed by atoms with E-state index in [1.165, 1.54) is 0 Å². The summed E-state index contributed by atoms with van der Waals surface area (Å²) in [4.78, 5) is 23.0. The Bertz CT molecular complexity index is 437. The molecule has 0 fully saturated rings. The minimum absolute atomic E-state index is 0. The molecule has 5 nitrogen and oxygen atoms in total. The van der Waals surface area contributed by atoms with Crippen LogP contribution < -0.4 is 11.1 Å². The fraction of sp³-hybridized carbons (Fsp3) is 0.429. The highest BCUT2D eigenvalue weighted by atomic mass is 35.5. The Labute approximate surface area is 125 Å². The maximum atomic E-state index is 11.8. The van der Waals surface area contributed by atoms with Crippen LogP contribution in [0, 0.1) is 5.92 Å². The highest BCUT2D eigenvalue weighted by Gasteiger charge is 2.24. The fourth-order valence-corrected chi connectivity index (χ4v) is 1.62. The molecule has 0 aliphatic heterocycles. The van der Waals surface area contributed by atoms with Crippen LogP contribution in [0.15, 0.2) is 30.3 Å².